The maximum Gasteiger partial charge on any atom is 0.326 e. The van der Waals surface area contributed by atoms with Gasteiger partial charge in [-0.15, -0.1) is 0 Å². The van der Waals surface area contributed by atoms with Crippen LogP contribution in [0.15, 0.2) is 0 Å². The molecule has 1 aliphatic heterocycles. The van der Waals surface area contributed by atoms with Crippen LogP contribution in [0.2, 0.25) is 0 Å². The Morgan fingerprint density at radius 2 is 1.91 bits per heavy atom. The normalized spacial score (nSPS) is 24.5. The molecule has 2 aliphatic rings. The van der Waals surface area contributed by atoms with Crippen molar-refractivity contribution < 1.29 is 19.5 Å². The summed E-state index contributed by atoms with van der Waals surface area (Å²) in [6.07, 6.45) is 4.13. The Kier molecular flexibility index (Phi) is 5.42. The van der Waals surface area contributed by atoms with E-state index in [0.29, 0.717) is 25.9 Å². The zero-order valence-corrected chi connectivity index (χ0v) is 13.4. The van der Waals surface area contributed by atoms with Crippen molar-refractivity contribution in [3.05, 3.63) is 0 Å². The fourth-order valence-corrected chi connectivity index (χ4v) is 2.93. The van der Waals surface area contributed by atoms with Gasteiger partial charge in [0.25, 0.3) is 0 Å². The Hall–Kier alpha value is -1.59. The Balaban J connectivity index is 1.93. The van der Waals surface area contributed by atoms with E-state index < -0.39 is 12.0 Å². The van der Waals surface area contributed by atoms with E-state index in [4.69, 9.17) is 0 Å². The van der Waals surface area contributed by atoms with Crippen LogP contribution in [-0.4, -0.2) is 46.9 Å². The fourth-order valence-electron chi connectivity index (χ4n) is 2.93. The average Bonchev–Trinajstić information content (AvgIpc) is 3.35. The molecule has 0 aromatic carbocycles. The molecule has 22 heavy (non-hydrogen) atoms. The third kappa shape index (κ3) is 3.99. The second kappa shape index (κ2) is 7.11. The number of amides is 2. The van der Waals surface area contributed by atoms with Gasteiger partial charge < -0.3 is 15.3 Å². The van der Waals surface area contributed by atoms with Gasteiger partial charge in [0.15, 0.2) is 0 Å². The average molecular weight is 310 g/mol. The molecule has 2 amide bonds. The summed E-state index contributed by atoms with van der Waals surface area (Å²) in [5, 5.41) is 11.9. The molecule has 6 nitrogen and oxygen atoms in total. The molecule has 1 saturated heterocycles. The maximum absolute atomic E-state index is 12.4. The van der Waals surface area contributed by atoms with Crippen molar-refractivity contribution in [1.82, 2.24) is 10.2 Å². The molecular weight excluding hydrogens is 284 g/mol. The standard InChI is InChI=1S/C16H26N2O4/c1-3-10(2)13(16(21)22)17-14(19)12-5-4-8-18(9-12)15(20)11-6-7-11/h10-13H,3-9H2,1-2H3,(H,17,19)(H,21,22)/t10-,12?,13-/m0/s1. The Labute approximate surface area is 131 Å². The quantitative estimate of drug-likeness (QED) is 0.773. The highest BCUT2D eigenvalue weighted by Gasteiger charge is 2.37. The molecule has 0 bridgehead atoms. The van der Waals surface area contributed by atoms with E-state index >= 15 is 0 Å². The van der Waals surface area contributed by atoms with Crippen molar-refractivity contribution >= 4 is 17.8 Å². The smallest absolute Gasteiger partial charge is 0.326 e. The van der Waals surface area contributed by atoms with Gasteiger partial charge in [-0.25, -0.2) is 4.79 Å². The molecule has 2 fully saturated rings. The molecule has 1 aliphatic carbocycles. The summed E-state index contributed by atoms with van der Waals surface area (Å²) in [4.78, 5) is 37.6. The van der Waals surface area contributed by atoms with Gasteiger partial charge in [-0.2, -0.15) is 0 Å². The molecule has 1 unspecified atom stereocenters. The summed E-state index contributed by atoms with van der Waals surface area (Å²) in [6.45, 7) is 4.87. The van der Waals surface area contributed by atoms with Crippen LogP contribution in [0.1, 0.15) is 46.0 Å². The van der Waals surface area contributed by atoms with E-state index in [1.54, 1.807) is 4.90 Å². The number of carbonyl (C=O) groups excluding carboxylic acids is 2. The highest BCUT2D eigenvalue weighted by Crippen LogP contribution is 2.32. The van der Waals surface area contributed by atoms with Crippen LogP contribution in [0.4, 0.5) is 0 Å². The molecule has 3 atom stereocenters. The van der Waals surface area contributed by atoms with Crippen LogP contribution in [-0.2, 0) is 14.4 Å². The molecule has 1 heterocycles. The number of carboxylic acid groups (broad SMARTS) is 1. The molecular formula is C16H26N2O4. The molecule has 6 heteroatoms. The zero-order chi connectivity index (χ0) is 16.3. The minimum absolute atomic E-state index is 0.116. The first-order valence-electron chi connectivity index (χ1n) is 8.26. The number of hydrogen-bond donors (Lipinski definition) is 2. The minimum atomic E-state index is -0.996. The molecule has 1 saturated carbocycles. The highest BCUT2D eigenvalue weighted by atomic mass is 16.4. The van der Waals surface area contributed by atoms with Crippen LogP contribution in [0.3, 0.4) is 0 Å². The van der Waals surface area contributed by atoms with Gasteiger partial charge in [0.1, 0.15) is 6.04 Å². The lowest BCUT2D eigenvalue weighted by molar-refractivity contribution is -0.145. The molecule has 0 spiro atoms. The summed E-state index contributed by atoms with van der Waals surface area (Å²) in [6, 6.07) is -0.855. The van der Waals surface area contributed by atoms with E-state index in [-0.39, 0.29) is 29.6 Å². The number of nitrogens with zero attached hydrogens (tertiary/aromatic N) is 1. The minimum Gasteiger partial charge on any atom is -0.480 e. The number of hydrogen-bond acceptors (Lipinski definition) is 3. The summed E-state index contributed by atoms with van der Waals surface area (Å²) in [7, 11) is 0. The predicted molar refractivity (Wildman–Crippen MR) is 81.0 cm³/mol. The van der Waals surface area contributed by atoms with Gasteiger partial charge in [-0.3, -0.25) is 9.59 Å². The van der Waals surface area contributed by atoms with Crippen molar-refractivity contribution in [3.8, 4) is 0 Å². The van der Waals surface area contributed by atoms with Crippen LogP contribution in [0, 0.1) is 17.8 Å². The van der Waals surface area contributed by atoms with Crippen LogP contribution < -0.4 is 5.32 Å². The Morgan fingerprint density at radius 3 is 2.45 bits per heavy atom. The van der Waals surface area contributed by atoms with Crippen LogP contribution in [0.5, 0.6) is 0 Å². The summed E-state index contributed by atoms with van der Waals surface area (Å²) < 4.78 is 0. The molecule has 2 rings (SSSR count). The van der Waals surface area contributed by atoms with Gasteiger partial charge in [0.2, 0.25) is 11.8 Å². The molecule has 0 aromatic heterocycles. The first-order valence-corrected chi connectivity index (χ1v) is 8.26. The largest absolute Gasteiger partial charge is 0.480 e. The van der Waals surface area contributed by atoms with E-state index in [0.717, 1.165) is 19.3 Å². The van der Waals surface area contributed by atoms with Gasteiger partial charge in [0, 0.05) is 19.0 Å². The lowest BCUT2D eigenvalue weighted by atomic mass is 9.94. The molecule has 0 radical (unpaired) electrons. The summed E-state index contributed by atoms with van der Waals surface area (Å²) in [5.41, 5.74) is 0. The molecule has 0 aromatic rings. The summed E-state index contributed by atoms with van der Waals surface area (Å²) in [5.74, 6) is -1.31. The number of aliphatic carboxylic acids is 1. The topological polar surface area (TPSA) is 86.7 Å². The Bertz CT molecular complexity index is 447. The van der Waals surface area contributed by atoms with Gasteiger partial charge in [-0.1, -0.05) is 20.3 Å². The monoisotopic (exact) mass is 310 g/mol. The second-order valence-electron chi connectivity index (χ2n) is 6.61. The third-order valence-corrected chi connectivity index (χ3v) is 4.81. The third-order valence-electron chi connectivity index (χ3n) is 4.81. The number of piperidine rings is 1. The lowest BCUT2D eigenvalue weighted by Crippen LogP contribution is -2.51. The predicted octanol–water partition coefficient (Wildman–Crippen LogP) is 1.25. The van der Waals surface area contributed by atoms with Gasteiger partial charge in [-0.05, 0) is 31.6 Å². The highest BCUT2D eigenvalue weighted by molar-refractivity contribution is 5.86. The number of likely N-dealkylation sites (tertiary alicyclic amines) is 1. The van der Waals surface area contributed by atoms with Crippen molar-refractivity contribution in [2.45, 2.75) is 52.0 Å². The second-order valence-corrected chi connectivity index (χ2v) is 6.61. The molecule has 2 N–H and O–H groups in total. The maximum atomic E-state index is 12.4. The fraction of sp³-hybridized carbons (Fsp3) is 0.812. The van der Waals surface area contributed by atoms with Crippen molar-refractivity contribution in [2.75, 3.05) is 13.1 Å². The van der Waals surface area contributed by atoms with Crippen molar-refractivity contribution in [2.24, 2.45) is 17.8 Å². The number of nitrogens with one attached hydrogen (secondary N) is 1. The van der Waals surface area contributed by atoms with Crippen molar-refractivity contribution in [3.63, 3.8) is 0 Å². The number of carbonyl (C=O) groups is 3. The first kappa shape index (κ1) is 16.8. The summed E-state index contributed by atoms with van der Waals surface area (Å²) >= 11 is 0. The number of carboxylic acids is 1. The van der Waals surface area contributed by atoms with Gasteiger partial charge >= 0.3 is 5.97 Å². The zero-order valence-electron chi connectivity index (χ0n) is 13.4. The van der Waals surface area contributed by atoms with E-state index in [1.807, 2.05) is 13.8 Å². The lowest BCUT2D eigenvalue weighted by Gasteiger charge is -2.33. The number of rotatable bonds is 6. The first-order chi connectivity index (χ1) is 10.4. The van der Waals surface area contributed by atoms with Gasteiger partial charge in [0.05, 0.1) is 5.92 Å². The van der Waals surface area contributed by atoms with E-state index in [1.165, 1.54) is 0 Å². The molecule has 124 valence electrons. The van der Waals surface area contributed by atoms with E-state index in [2.05, 4.69) is 5.32 Å². The van der Waals surface area contributed by atoms with Crippen LogP contribution >= 0.6 is 0 Å². The van der Waals surface area contributed by atoms with Crippen LogP contribution in [0.25, 0.3) is 0 Å². The van der Waals surface area contributed by atoms with E-state index in [9.17, 15) is 19.5 Å². The van der Waals surface area contributed by atoms with Crippen molar-refractivity contribution in [1.29, 1.82) is 0 Å². The Morgan fingerprint density at radius 1 is 1.23 bits per heavy atom. The SMILES string of the molecule is CC[C@H](C)[C@H](NC(=O)C1CCCN(C(=O)C2CC2)C1)C(=O)O.